The molecule has 0 radical (unpaired) electrons. The van der Waals surface area contributed by atoms with E-state index in [-0.39, 0.29) is 0 Å². The number of pyridine rings is 1. The van der Waals surface area contributed by atoms with Crippen molar-refractivity contribution in [3.63, 3.8) is 0 Å². The van der Waals surface area contributed by atoms with Gasteiger partial charge in [0.1, 0.15) is 11.8 Å². The Bertz CT molecular complexity index is 361. The predicted molar refractivity (Wildman–Crippen MR) is 50.8 cm³/mol. The molecule has 16 heavy (non-hydrogen) atoms. The molecule has 0 aliphatic carbocycles. The smallest absolute Gasteiger partial charge is 0.369 e. The van der Waals surface area contributed by atoms with E-state index < -0.39 is 18.0 Å². The maximum absolute atomic E-state index is 12.4. The van der Waals surface area contributed by atoms with Gasteiger partial charge in [0.2, 0.25) is 0 Å². The number of halogens is 3. The summed E-state index contributed by atoms with van der Waals surface area (Å²) in [6.45, 7) is 1.70. The first-order valence-electron chi connectivity index (χ1n) is 4.94. The van der Waals surface area contributed by atoms with Crippen LogP contribution in [0.5, 0.6) is 0 Å². The molecule has 0 bridgehead atoms. The summed E-state index contributed by atoms with van der Waals surface area (Å²) in [5.74, 6) is 0. The highest BCUT2D eigenvalue weighted by molar-refractivity contribution is 5.16. The van der Waals surface area contributed by atoms with Crippen molar-refractivity contribution in [2.24, 2.45) is 0 Å². The van der Waals surface area contributed by atoms with Crippen LogP contribution in [0.4, 0.5) is 13.2 Å². The van der Waals surface area contributed by atoms with Gasteiger partial charge in [-0.2, -0.15) is 13.2 Å². The van der Waals surface area contributed by atoms with E-state index in [1.54, 1.807) is 6.07 Å². The van der Waals surface area contributed by atoms with Gasteiger partial charge in [0.25, 0.3) is 0 Å². The summed E-state index contributed by atoms with van der Waals surface area (Å²) < 4.78 is 42.6. The number of nitrogens with one attached hydrogen (secondary N) is 1. The lowest BCUT2D eigenvalue weighted by Crippen LogP contribution is -2.34. The van der Waals surface area contributed by atoms with Crippen molar-refractivity contribution in [2.75, 3.05) is 19.7 Å². The molecule has 1 unspecified atom stereocenters. The molecule has 1 fully saturated rings. The number of hydrogen-bond acceptors (Lipinski definition) is 3. The fourth-order valence-corrected chi connectivity index (χ4v) is 1.54. The van der Waals surface area contributed by atoms with Gasteiger partial charge in [0.05, 0.1) is 12.3 Å². The summed E-state index contributed by atoms with van der Waals surface area (Å²) in [4.78, 5) is 3.58. The molecule has 1 N–H and O–H groups in total. The quantitative estimate of drug-likeness (QED) is 0.801. The maximum Gasteiger partial charge on any atom is 0.433 e. The Kier molecular flexibility index (Phi) is 3.11. The van der Waals surface area contributed by atoms with Crippen molar-refractivity contribution in [2.45, 2.75) is 12.3 Å². The molecule has 88 valence electrons. The summed E-state index contributed by atoms with van der Waals surface area (Å²) in [7, 11) is 0. The predicted octanol–water partition coefficient (Wildman–Crippen LogP) is 1.76. The van der Waals surface area contributed by atoms with Crippen molar-refractivity contribution in [1.82, 2.24) is 10.3 Å². The van der Waals surface area contributed by atoms with Gasteiger partial charge >= 0.3 is 6.18 Å². The summed E-state index contributed by atoms with van der Waals surface area (Å²) in [6, 6.07) is 3.86. The van der Waals surface area contributed by atoms with Crippen LogP contribution in [0.2, 0.25) is 0 Å². The number of hydrogen-bond donors (Lipinski definition) is 1. The fraction of sp³-hybridized carbons (Fsp3) is 0.500. The molecule has 1 atom stereocenters. The molecule has 6 heteroatoms. The minimum Gasteiger partial charge on any atom is -0.369 e. The molecule has 1 saturated heterocycles. The Morgan fingerprint density at radius 2 is 2.19 bits per heavy atom. The second-order valence-corrected chi connectivity index (χ2v) is 3.51. The lowest BCUT2D eigenvalue weighted by molar-refractivity contribution is -0.141. The van der Waals surface area contributed by atoms with Crippen LogP contribution in [0.25, 0.3) is 0 Å². The average molecular weight is 232 g/mol. The van der Waals surface area contributed by atoms with Gasteiger partial charge in [-0.1, -0.05) is 6.07 Å². The van der Waals surface area contributed by atoms with E-state index in [4.69, 9.17) is 4.74 Å². The minimum absolute atomic E-state index is 0.321. The molecule has 2 heterocycles. The van der Waals surface area contributed by atoms with E-state index >= 15 is 0 Å². The van der Waals surface area contributed by atoms with Gasteiger partial charge in [-0.25, -0.2) is 4.98 Å². The molecule has 0 aromatic carbocycles. The van der Waals surface area contributed by atoms with Crippen molar-refractivity contribution in [1.29, 1.82) is 0 Å². The van der Waals surface area contributed by atoms with Crippen LogP contribution in [0.15, 0.2) is 18.2 Å². The van der Waals surface area contributed by atoms with E-state index in [1.165, 1.54) is 6.07 Å². The third-order valence-corrected chi connectivity index (χ3v) is 2.32. The lowest BCUT2D eigenvalue weighted by atomic mass is 10.2. The molecular formula is C10H11F3N2O. The standard InChI is InChI=1S/C10H11F3N2O/c11-10(12,13)9-3-1-2-7(15-9)8-6-14-4-5-16-8/h1-3,8,14H,4-6H2. The number of nitrogens with zero attached hydrogens (tertiary/aromatic N) is 1. The van der Waals surface area contributed by atoms with Gasteiger partial charge in [-0.15, -0.1) is 0 Å². The first kappa shape index (κ1) is 11.3. The third kappa shape index (κ3) is 2.51. The van der Waals surface area contributed by atoms with Crippen LogP contribution in [0.3, 0.4) is 0 Å². The maximum atomic E-state index is 12.4. The van der Waals surface area contributed by atoms with E-state index in [9.17, 15) is 13.2 Å². The Morgan fingerprint density at radius 3 is 2.81 bits per heavy atom. The minimum atomic E-state index is -4.40. The number of alkyl halides is 3. The number of rotatable bonds is 1. The first-order chi connectivity index (χ1) is 7.57. The highest BCUT2D eigenvalue weighted by Crippen LogP contribution is 2.28. The molecule has 3 nitrogen and oxygen atoms in total. The van der Waals surface area contributed by atoms with Gasteiger partial charge in [-0.3, -0.25) is 0 Å². The van der Waals surface area contributed by atoms with Crippen molar-refractivity contribution in [3.8, 4) is 0 Å². The Labute approximate surface area is 90.6 Å². The molecule has 1 aliphatic heterocycles. The lowest BCUT2D eigenvalue weighted by Gasteiger charge is -2.23. The number of morpholine rings is 1. The molecule has 1 aromatic heterocycles. The fourth-order valence-electron chi connectivity index (χ4n) is 1.54. The zero-order valence-electron chi connectivity index (χ0n) is 8.42. The van der Waals surface area contributed by atoms with E-state index in [1.807, 2.05) is 0 Å². The molecule has 0 saturated carbocycles. The van der Waals surface area contributed by atoms with Crippen LogP contribution in [-0.2, 0) is 10.9 Å². The van der Waals surface area contributed by atoms with Crippen molar-refractivity contribution >= 4 is 0 Å². The van der Waals surface area contributed by atoms with Crippen LogP contribution in [0.1, 0.15) is 17.5 Å². The van der Waals surface area contributed by atoms with Crippen LogP contribution < -0.4 is 5.32 Å². The van der Waals surface area contributed by atoms with Gasteiger partial charge in [0, 0.05) is 13.1 Å². The van der Waals surface area contributed by atoms with Crippen LogP contribution in [-0.4, -0.2) is 24.7 Å². The molecule has 0 amide bonds. The average Bonchev–Trinajstić information content (AvgIpc) is 2.29. The highest BCUT2D eigenvalue weighted by atomic mass is 19.4. The van der Waals surface area contributed by atoms with E-state index in [2.05, 4.69) is 10.3 Å². The zero-order valence-corrected chi connectivity index (χ0v) is 8.42. The van der Waals surface area contributed by atoms with Crippen LogP contribution >= 0.6 is 0 Å². The van der Waals surface area contributed by atoms with Crippen molar-refractivity contribution < 1.29 is 17.9 Å². The topological polar surface area (TPSA) is 34.1 Å². The monoisotopic (exact) mass is 232 g/mol. The van der Waals surface area contributed by atoms with Gasteiger partial charge in [0.15, 0.2) is 0 Å². The summed E-state index contributed by atoms with van der Waals surface area (Å²) >= 11 is 0. The zero-order chi connectivity index (χ0) is 11.6. The summed E-state index contributed by atoms with van der Waals surface area (Å²) in [6.07, 6.45) is -4.80. The summed E-state index contributed by atoms with van der Waals surface area (Å²) in [5.41, 5.74) is -0.554. The molecule has 1 aliphatic rings. The highest BCUT2D eigenvalue weighted by Gasteiger charge is 2.33. The number of ether oxygens (including phenoxy) is 1. The van der Waals surface area contributed by atoms with Gasteiger partial charge in [-0.05, 0) is 12.1 Å². The first-order valence-corrected chi connectivity index (χ1v) is 4.94. The Morgan fingerprint density at radius 1 is 1.38 bits per heavy atom. The van der Waals surface area contributed by atoms with Crippen molar-refractivity contribution in [3.05, 3.63) is 29.6 Å². The molecular weight excluding hydrogens is 221 g/mol. The van der Waals surface area contributed by atoms with Crippen LogP contribution in [0, 0.1) is 0 Å². The largest absolute Gasteiger partial charge is 0.433 e. The second kappa shape index (κ2) is 4.39. The molecule has 1 aromatic rings. The second-order valence-electron chi connectivity index (χ2n) is 3.51. The Hall–Kier alpha value is -1.14. The SMILES string of the molecule is FC(F)(F)c1cccc(C2CNCCO2)n1. The summed E-state index contributed by atoms with van der Waals surface area (Å²) in [5, 5.41) is 3.05. The normalized spacial score (nSPS) is 22.1. The molecule has 0 spiro atoms. The number of aromatic nitrogens is 1. The third-order valence-electron chi connectivity index (χ3n) is 2.32. The molecule has 2 rings (SSSR count). The van der Waals surface area contributed by atoms with E-state index in [0.29, 0.717) is 18.8 Å². The Balaban J connectivity index is 2.21. The van der Waals surface area contributed by atoms with Gasteiger partial charge < -0.3 is 10.1 Å². The van der Waals surface area contributed by atoms with E-state index in [0.717, 1.165) is 12.6 Å².